The largest absolute Gasteiger partial charge is 0.497 e. The average molecular weight is 397 g/mol. The van der Waals surface area contributed by atoms with Crippen molar-refractivity contribution in [1.82, 2.24) is 24.8 Å². The maximum Gasteiger partial charge on any atom is 0.412 e. The number of carbonyl (C=O) groups excluding carboxylic acids is 1. The lowest BCUT2D eigenvalue weighted by atomic mass is 10.3. The molecule has 0 aliphatic carbocycles. The third kappa shape index (κ3) is 4.64. The molecule has 3 heterocycles. The lowest BCUT2D eigenvalue weighted by Gasteiger charge is -2.26. The van der Waals surface area contributed by atoms with Crippen molar-refractivity contribution in [3.05, 3.63) is 42.9 Å². The highest BCUT2D eigenvalue weighted by molar-refractivity contribution is 5.76. The van der Waals surface area contributed by atoms with Crippen LogP contribution in [0.15, 0.2) is 42.9 Å². The van der Waals surface area contributed by atoms with Crippen molar-refractivity contribution < 1.29 is 19.0 Å². The lowest BCUT2D eigenvalue weighted by molar-refractivity contribution is 0.0385. The van der Waals surface area contributed by atoms with Gasteiger partial charge in [0.1, 0.15) is 17.6 Å². The molecule has 1 saturated heterocycles. The van der Waals surface area contributed by atoms with Gasteiger partial charge in [0, 0.05) is 37.9 Å². The first kappa shape index (κ1) is 19.2. The molecule has 0 unspecified atom stereocenters. The van der Waals surface area contributed by atoms with Gasteiger partial charge in [0.25, 0.3) is 0 Å². The first-order valence-corrected chi connectivity index (χ1v) is 9.46. The highest BCUT2D eigenvalue weighted by atomic mass is 16.6. The number of fused-ring (bicyclic) bond motifs is 1. The molecule has 0 atom stereocenters. The molecule has 0 radical (unpaired) electrons. The fourth-order valence-corrected chi connectivity index (χ4v) is 3.15. The first-order chi connectivity index (χ1) is 14.2. The Hall–Kier alpha value is -3.17. The van der Waals surface area contributed by atoms with Gasteiger partial charge in [-0.2, -0.15) is 0 Å². The van der Waals surface area contributed by atoms with Gasteiger partial charge in [0.05, 0.1) is 26.5 Å². The van der Waals surface area contributed by atoms with Crippen molar-refractivity contribution in [2.75, 3.05) is 46.5 Å². The summed E-state index contributed by atoms with van der Waals surface area (Å²) in [7, 11) is 1.63. The van der Waals surface area contributed by atoms with Crippen LogP contribution in [-0.4, -0.2) is 72.0 Å². The van der Waals surface area contributed by atoms with E-state index in [-0.39, 0.29) is 0 Å². The number of amides is 1. The highest BCUT2D eigenvalue weighted by Crippen LogP contribution is 2.22. The first-order valence-electron chi connectivity index (χ1n) is 9.46. The number of nitrogens with one attached hydrogen (secondary N) is 1. The molecule has 9 heteroatoms. The number of aromatic nitrogens is 3. The molecule has 1 amide bonds. The van der Waals surface area contributed by atoms with Gasteiger partial charge < -0.3 is 19.5 Å². The van der Waals surface area contributed by atoms with E-state index in [0.717, 1.165) is 44.3 Å². The molecule has 0 saturated carbocycles. The quantitative estimate of drug-likeness (QED) is 0.679. The Morgan fingerprint density at radius 3 is 2.72 bits per heavy atom. The van der Waals surface area contributed by atoms with Gasteiger partial charge in [-0.1, -0.05) is 0 Å². The standard InChI is InChI=1S/C20H23N5O4/c1-27-16-4-2-15(3-5-16)25-14-23-18-12-17(13-22-19(18)25)29-20(26)21-6-7-24-8-10-28-11-9-24/h2-5,12-14H,6-11H2,1H3,(H,21,26). The second-order valence-electron chi connectivity index (χ2n) is 6.60. The van der Waals surface area contributed by atoms with Crippen molar-refractivity contribution >= 4 is 17.3 Å². The Morgan fingerprint density at radius 2 is 1.97 bits per heavy atom. The molecule has 2 aromatic heterocycles. The minimum absolute atomic E-state index is 0.348. The Bertz CT molecular complexity index is 967. The number of pyridine rings is 1. The molecule has 1 aliphatic heterocycles. The molecule has 1 N–H and O–H groups in total. The Balaban J connectivity index is 1.36. The molecule has 0 bridgehead atoms. The third-order valence-electron chi connectivity index (χ3n) is 4.72. The number of nitrogens with zero attached hydrogens (tertiary/aromatic N) is 4. The number of imidazole rings is 1. The van der Waals surface area contributed by atoms with Gasteiger partial charge in [0.2, 0.25) is 0 Å². The molecule has 1 fully saturated rings. The second kappa shape index (κ2) is 8.89. The summed E-state index contributed by atoms with van der Waals surface area (Å²) in [6.45, 7) is 4.52. The zero-order chi connectivity index (χ0) is 20.1. The maximum absolute atomic E-state index is 12.0. The van der Waals surface area contributed by atoms with E-state index in [9.17, 15) is 4.79 Å². The summed E-state index contributed by atoms with van der Waals surface area (Å²) in [5.74, 6) is 1.13. The van der Waals surface area contributed by atoms with Crippen LogP contribution in [0.1, 0.15) is 0 Å². The zero-order valence-corrected chi connectivity index (χ0v) is 16.2. The number of ether oxygens (including phenoxy) is 3. The summed E-state index contributed by atoms with van der Waals surface area (Å²) in [5, 5.41) is 2.76. The minimum atomic E-state index is -0.506. The van der Waals surface area contributed by atoms with E-state index in [0.29, 0.717) is 23.5 Å². The molecular weight excluding hydrogens is 374 g/mol. The van der Waals surface area contributed by atoms with E-state index in [1.165, 1.54) is 6.20 Å². The van der Waals surface area contributed by atoms with E-state index in [1.54, 1.807) is 19.5 Å². The number of carbonyl (C=O) groups is 1. The van der Waals surface area contributed by atoms with E-state index in [2.05, 4.69) is 20.2 Å². The molecule has 3 aromatic rings. The van der Waals surface area contributed by atoms with Crippen molar-refractivity contribution in [1.29, 1.82) is 0 Å². The minimum Gasteiger partial charge on any atom is -0.497 e. The van der Waals surface area contributed by atoms with Crippen LogP contribution in [0.25, 0.3) is 16.9 Å². The summed E-state index contributed by atoms with van der Waals surface area (Å²) >= 11 is 0. The second-order valence-corrected chi connectivity index (χ2v) is 6.60. The topological polar surface area (TPSA) is 90.7 Å². The van der Waals surface area contributed by atoms with Crippen LogP contribution in [0.4, 0.5) is 4.79 Å². The van der Waals surface area contributed by atoms with Crippen LogP contribution >= 0.6 is 0 Å². The summed E-state index contributed by atoms with van der Waals surface area (Å²) < 4.78 is 17.7. The number of methoxy groups -OCH3 is 1. The van der Waals surface area contributed by atoms with Crippen LogP contribution in [0.5, 0.6) is 11.5 Å². The summed E-state index contributed by atoms with van der Waals surface area (Å²) in [6.07, 6.45) is 2.70. The third-order valence-corrected chi connectivity index (χ3v) is 4.72. The summed E-state index contributed by atoms with van der Waals surface area (Å²) in [5.41, 5.74) is 2.23. The molecule has 29 heavy (non-hydrogen) atoms. The molecular formula is C20H23N5O4. The molecule has 1 aliphatic rings. The SMILES string of the molecule is COc1ccc(-n2cnc3cc(OC(=O)NCCN4CCOCC4)cnc32)cc1. The van der Waals surface area contributed by atoms with Crippen molar-refractivity contribution in [2.24, 2.45) is 0 Å². The van der Waals surface area contributed by atoms with E-state index >= 15 is 0 Å². The highest BCUT2D eigenvalue weighted by Gasteiger charge is 2.12. The van der Waals surface area contributed by atoms with Gasteiger partial charge >= 0.3 is 6.09 Å². The van der Waals surface area contributed by atoms with Crippen LogP contribution in [0, 0.1) is 0 Å². The van der Waals surface area contributed by atoms with Gasteiger partial charge in [-0.25, -0.2) is 14.8 Å². The van der Waals surface area contributed by atoms with Crippen molar-refractivity contribution in [2.45, 2.75) is 0 Å². The number of benzene rings is 1. The number of morpholine rings is 1. The van der Waals surface area contributed by atoms with Gasteiger partial charge in [-0.3, -0.25) is 9.47 Å². The fourth-order valence-electron chi connectivity index (χ4n) is 3.15. The normalized spacial score (nSPS) is 14.7. The molecule has 9 nitrogen and oxygen atoms in total. The summed E-state index contributed by atoms with van der Waals surface area (Å²) in [6, 6.07) is 9.30. The van der Waals surface area contributed by atoms with Gasteiger partial charge in [-0.15, -0.1) is 0 Å². The Morgan fingerprint density at radius 1 is 1.17 bits per heavy atom. The van der Waals surface area contributed by atoms with E-state index in [4.69, 9.17) is 14.2 Å². The average Bonchev–Trinajstić information content (AvgIpc) is 3.18. The predicted molar refractivity (Wildman–Crippen MR) is 107 cm³/mol. The zero-order valence-electron chi connectivity index (χ0n) is 16.2. The van der Waals surface area contributed by atoms with E-state index in [1.807, 2.05) is 28.8 Å². The Labute approximate surface area is 168 Å². The van der Waals surface area contributed by atoms with Crippen LogP contribution in [0.2, 0.25) is 0 Å². The van der Waals surface area contributed by atoms with Crippen molar-refractivity contribution in [3.63, 3.8) is 0 Å². The predicted octanol–water partition coefficient (Wildman–Crippen LogP) is 1.85. The van der Waals surface area contributed by atoms with Crippen LogP contribution in [-0.2, 0) is 4.74 Å². The smallest absolute Gasteiger partial charge is 0.412 e. The maximum atomic E-state index is 12.0. The van der Waals surface area contributed by atoms with Crippen molar-refractivity contribution in [3.8, 4) is 17.2 Å². The molecule has 4 rings (SSSR count). The van der Waals surface area contributed by atoms with E-state index < -0.39 is 6.09 Å². The molecule has 0 spiro atoms. The van der Waals surface area contributed by atoms with Gasteiger partial charge in [-0.05, 0) is 24.3 Å². The lowest BCUT2D eigenvalue weighted by Crippen LogP contribution is -2.41. The monoisotopic (exact) mass is 397 g/mol. The number of hydrogen-bond donors (Lipinski definition) is 1. The van der Waals surface area contributed by atoms with Crippen LogP contribution < -0.4 is 14.8 Å². The fraction of sp³-hybridized carbons (Fsp3) is 0.350. The Kier molecular flexibility index (Phi) is 5.87. The molecule has 152 valence electrons. The number of rotatable bonds is 6. The number of hydrogen-bond acceptors (Lipinski definition) is 7. The van der Waals surface area contributed by atoms with Crippen LogP contribution in [0.3, 0.4) is 0 Å². The summed E-state index contributed by atoms with van der Waals surface area (Å²) in [4.78, 5) is 23.1. The molecule has 1 aromatic carbocycles. The van der Waals surface area contributed by atoms with Gasteiger partial charge in [0.15, 0.2) is 11.4 Å².